The van der Waals surface area contributed by atoms with Crippen molar-refractivity contribution in [2.45, 2.75) is 49.1 Å². The molecule has 10 atom stereocenters. The van der Waals surface area contributed by atoms with Gasteiger partial charge in [-0.15, -0.1) is 0 Å². The molecule has 4 unspecified atom stereocenters. The van der Waals surface area contributed by atoms with E-state index in [1.54, 1.807) is 0 Å². The molecule has 45 heavy (non-hydrogen) atoms. The number of ether oxygens (including phenoxy) is 2. The van der Waals surface area contributed by atoms with Crippen LogP contribution in [0.2, 0.25) is 0 Å². The molecule has 4 aromatic rings. The van der Waals surface area contributed by atoms with Gasteiger partial charge in [0.2, 0.25) is 5.95 Å². The fourth-order valence-corrected chi connectivity index (χ4v) is 7.76. The Morgan fingerprint density at radius 3 is 2.44 bits per heavy atom. The summed E-state index contributed by atoms with van der Waals surface area (Å²) in [5, 5.41) is 11.1. The molecule has 24 heteroatoms. The van der Waals surface area contributed by atoms with Crippen molar-refractivity contribution >= 4 is 60.8 Å². The quantitative estimate of drug-likeness (QED) is 0.121. The summed E-state index contributed by atoms with van der Waals surface area (Å²) in [7, 11) is -5.09. The van der Waals surface area contributed by atoms with E-state index in [4.69, 9.17) is 39.0 Å². The van der Waals surface area contributed by atoms with Crippen LogP contribution in [-0.4, -0.2) is 94.0 Å². The number of aromatic amines is 1. The Morgan fingerprint density at radius 2 is 1.67 bits per heavy atom. The lowest BCUT2D eigenvalue weighted by atomic mass is 10.1. The molecule has 242 valence electrons. The number of alkyl halides is 1. The van der Waals surface area contributed by atoms with E-state index >= 15 is 4.39 Å². The second-order valence-corrected chi connectivity index (χ2v) is 14.5. The Bertz CT molecular complexity index is 1940. The SMILES string of the molecule is Nc1nc2c(ncn2[C@@H]2O[C@@H]3COP(=O)(O)O[C@@H]4C(F)[C@H](n5cnc6c(N)ccnc65)O[C@@H]4COP(=O)(S)O[C@H]2C3O)c(=O)[nH]1. The Hall–Kier alpha value is -3.01. The maximum atomic E-state index is 15.9. The molecule has 0 aromatic carbocycles. The van der Waals surface area contributed by atoms with Crippen molar-refractivity contribution in [3.8, 4) is 0 Å². The molecule has 7 N–H and O–H groups in total. The van der Waals surface area contributed by atoms with Gasteiger partial charge in [-0.1, -0.05) is 12.2 Å². The highest BCUT2D eigenvalue weighted by atomic mass is 32.7. The molecule has 0 amide bonds. The van der Waals surface area contributed by atoms with Crippen LogP contribution in [-0.2, 0) is 36.7 Å². The van der Waals surface area contributed by atoms with Gasteiger partial charge in [0.05, 0.1) is 31.6 Å². The topological polar surface area (TPSA) is 276 Å². The molecule has 7 heterocycles. The number of hydrogen-bond donors (Lipinski definition) is 6. The summed E-state index contributed by atoms with van der Waals surface area (Å²) in [6.07, 6.45) is -9.23. The minimum atomic E-state index is -5.09. The number of imidazole rings is 2. The zero-order chi connectivity index (χ0) is 31.8. The lowest BCUT2D eigenvalue weighted by Crippen LogP contribution is -2.35. The zero-order valence-corrected chi connectivity index (χ0v) is 25.2. The minimum Gasteiger partial charge on any atom is -0.397 e. The molecular weight excluding hydrogens is 667 g/mol. The van der Waals surface area contributed by atoms with Gasteiger partial charge in [-0.2, -0.15) is 4.98 Å². The number of nitrogens with zero attached hydrogens (tertiary/aromatic N) is 6. The third kappa shape index (κ3) is 5.44. The van der Waals surface area contributed by atoms with Crippen molar-refractivity contribution in [2.24, 2.45) is 0 Å². The predicted octanol–water partition coefficient (Wildman–Crippen LogP) is 0.178. The van der Waals surface area contributed by atoms with Crippen molar-refractivity contribution in [3.05, 3.63) is 35.3 Å². The Morgan fingerprint density at radius 1 is 0.978 bits per heavy atom. The number of phosphoric acid groups is 1. The molecule has 0 aliphatic carbocycles. The van der Waals surface area contributed by atoms with Gasteiger partial charge in [0.15, 0.2) is 35.4 Å². The third-order valence-electron chi connectivity index (χ3n) is 7.38. The molecule has 3 fully saturated rings. The number of rotatable bonds is 2. The Balaban J connectivity index is 1.21. The van der Waals surface area contributed by atoms with E-state index in [-0.39, 0.29) is 34.0 Å². The van der Waals surface area contributed by atoms with Crippen molar-refractivity contribution < 1.29 is 51.1 Å². The van der Waals surface area contributed by atoms with E-state index in [1.165, 1.54) is 27.7 Å². The molecule has 4 aromatic heterocycles. The van der Waals surface area contributed by atoms with Crippen LogP contribution in [0.5, 0.6) is 0 Å². The summed E-state index contributed by atoms with van der Waals surface area (Å²) < 4.78 is 77.8. The summed E-state index contributed by atoms with van der Waals surface area (Å²) in [5.41, 5.74) is 11.4. The van der Waals surface area contributed by atoms with Crippen LogP contribution in [0.25, 0.3) is 22.3 Å². The van der Waals surface area contributed by atoms with E-state index in [1.807, 2.05) is 0 Å². The highest BCUT2D eigenvalue weighted by Gasteiger charge is 2.54. The normalized spacial score (nSPS) is 37.7. The lowest BCUT2D eigenvalue weighted by molar-refractivity contribution is -0.0619. The van der Waals surface area contributed by atoms with Crippen LogP contribution < -0.4 is 17.0 Å². The molecule has 0 spiro atoms. The maximum absolute atomic E-state index is 15.9. The first-order valence-electron chi connectivity index (χ1n) is 13.1. The van der Waals surface area contributed by atoms with Gasteiger partial charge in [-0.3, -0.25) is 37.0 Å². The van der Waals surface area contributed by atoms with E-state index in [9.17, 15) is 23.9 Å². The molecule has 3 aliphatic rings. The second-order valence-electron chi connectivity index (χ2n) is 10.2. The molecule has 3 aliphatic heterocycles. The Kier molecular flexibility index (Phi) is 7.53. The first-order valence-corrected chi connectivity index (χ1v) is 17.2. The van der Waals surface area contributed by atoms with Crippen LogP contribution in [0.15, 0.2) is 29.7 Å². The third-order valence-corrected chi connectivity index (χ3v) is 9.98. The number of anilines is 2. The van der Waals surface area contributed by atoms with Gasteiger partial charge < -0.3 is 30.9 Å². The average molecular weight is 691 g/mol. The Labute approximate surface area is 255 Å². The number of nitrogens with one attached hydrogen (secondary N) is 1. The summed E-state index contributed by atoms with van der Waals surface area (Å²) in [6, 6.07) is 1.50. The monoisotopic (exact) mass is 691 g/mol. The average Bonchev–Trinajstić information content (AvgIpc) is 3.72. The number of nitrogen functional groups attached to an aromatic ring is 2. The first kappa shape index (κ1) is 30.6. The molecule has 7 rings (SSSR count). The summed E-state index contributed by atoms with van der Waals surface area (Å²) >= 11 is 4.02. The van der Waals surface area contributed by atoms with Gasteiger partial charge in [-0.05, 0) is 6.07 Å². The van der Waals surface area contributed by atoms with Gasteiger partial charge in [0.1, 0.15) is 36.0 Å². The van der Waals surface area contributed by atoms with Crippen LogP contribution in [0, 0.1) is 0 Å². The first-order chi connectivity index (χ1) is 21.3. The number of nitrogens with two attached hydrogens (primary N) is 2. The van der Waals surface area contributed by atoms with Crippen molar-refractivity contribution in [1.29, 1.82) is 0 Å². The van der Waals surface area contributed by atoms with Gasteiger partial charge in [-0.25, -0.2) is 28.5 Å². The number of pyridine rings is 1. The number of phosphoric ester groups is 1. The molecular formula is C21H24FN9O11P2S. The zero-order valence-electron chi connectivity index (χ0n) is 22.5. The van der Waals surface area contributed by atoms with Crippen LogP contribution in [0.1, 0.15) is 12.5 Å². The number of halogens is 1. The number of aromatic nitrogens is 7. The number of H-pyrrole nitrogens is 1. The maximum Gasteiger partial charge on any atom is 0.472 e. The van der Waals surface area contributed by atoms with E-state index in [0.29, 0.717) is 0 Å². The number of thiol groups is 1. The fraction of sp³-hybridized carbons (Fsp3) is 0.476. The van der Waals surface area contributed by atoms with E-state index < -0.39 is 82.5 Å². The summed E-state index contributed by atoms with van der Waals surface area (Å²) in [4.78, 5) is 41.5. The lowest BCUT2D eigenvalue weighted by Gasteiger charge is -2.26. The predicted molar refractivity (Wildman–Crippen MR) is 151 cm³/mol. The molecule has 0 radical (unpaired) electrons. The molecule has 3 saturated heterocycles. The molecule has 20 nitrogen and oxygen atoms in total. The van der Waals surface area contributed by atoms with Gasteiger partial charge >= 0.3 is 14.6 Å². The molecule has 2 bridgehead atoms. The second kappa shape index (κ2) is 11.1. The fourth-order valence-electron chi connectivity index (χ4n) is 5.34. The highest BCUT2D eigenvalue weighted by molar-refractivity contribution is 8.44. The van der Waals surface area contributed by atoms with E-state index in [0.717, 1.165) is 6.33 Å². The van der Waals surface area contributed by atoms with Gasteiger partial charge in [0, 0.05) is 6.20 Å². The number of fused-ring (bicyclic) bond motifs is 5. The summed E-state index contributed by atoms with van der Waals surface area (Å²) in [6.45, 7) is -5.98. The minimum absolute atomic E-state index is 0.0821. The van der Waals surface area contributed by atoms with Crippen molar-refractivity contribution in [3.63, 3.8) is 0 Å². The smallest absolute Gasteiger partial charge is 0.397 e. The number of aliphatic hydroxyl groups is 1. The van der Waals surface area contributed by atoms with Crippen LogP contribution in [0.4, 0.5) is 16.0 Å². The van der Waals surface area contributed by atoms with Gasteiger partial charge in [0.25, 0.3) is 5.56 Å². The van der Waals surface area contributed by atoms with Crippen molar-refractivity contribution in [1.82, 2.24) is 34.1 Å². The standard InChI is InChI=1S/C21H24FN9O11P2S/c22-10-14-9(40-19(10)30-5-26-11-7(23)1-2-25-16(11)30)4-38-44(36,45)42-15-13(32)8(3-37-43(34,35)41-14)39-20(15)31-6-27-12-17(31)28-21(24)29-18(12)33/h1-2,5-6,8-10,13-15,19-20,32H,3-4H2,(H2,23,25)(H,34,35)(H,36,45)(H3,24,28,29,33)/t8-,9-,10?,13?,14+,15+,19-,20-,44?/m1/s1. The van der Waals surface area contributed by atoms with E-state index in [2.05, 4.69) is 37.2 Å². The van der Waals surface area contributed by atoms with Crippen LogP contribution in [0.3, 0.4) is 0 Å². The number of hydrogen-bond acceptors (Lipinski definition) is 16. The largest absolute Gasteiger partial charge is 0.472 e. The van der Waals surface area contributed by atoms with Crippen molar-refractivity contribution in [2.75, 3.05) is 24.7 Å². The summed E-state index contributed by atoms with van der Waals surface area (Å²) in [5.74, 6) is -0.257. The highest BCUT2D eigenvalue weighted by Crippen LogP contribution is 2.58. The molecule has 0 saturated carbocycles. The van der Waals surface area contributed by atoms with Crippen LogP contribution >= 0.6 is 26.9 Å². The number of aliphatic hydroxyl groups excluding tert-OH is 1.